The van der Waals surface area contributed by atoms with Gasteiger partial charge in [-0.1, -0.05) is 18.2 Å². The fraction of sp³-hybridized carbons (Fsp3) is 0.667. The predicted molar refractivity (Wildman–Crippen MR) is 75.7 cm³/mol. The van der Waals surface area contributed by atoms with E-state index in [0.717, 1.165) is 19.5 Å². The van der Waals surface area contributed by atoms with Crippen LogP contribution in [0.3, 0.4) is 0 Å². The Hall–Kier alpha value is -1.25. The molecule has 0 aromatic carbocycles. The fourth-order valence-corrected chi connectivity index (χ4v) is 3.23. The molecule has 2 aliphatic heterocycles. The standard InChI is InChI=1S/C15H23N3/c1-15(2,13-7-3-4-8-13)18-12-6-11-17-10-5-9-16-14(17)18/h3,7-8H,4-6,9-12H2,1-2H3. The Morgan fingerprint density at radius 1 is 1.17 bits per heavy atom. The van der Waals surface area contributed by atoms with Crippen molar-refractivity contribution in [1.82, 2.24) is 9.80 Å². The van der Waals surface area contributed by atoms with Crippen molar-refractivity contribution in [2.45, 2.75) is 38.6 Å². The number of guanidine groups is 1. The highest BCUT2D eigenvalue weighted by molar-refractivity contribution is 5.82. The van der Waals surface area contributed by atoms with Crippen LogP contribution in [0.15, 0.2) is 28.8 Å². The predicted octanol–water partition coefficient (Wildman–Crippen LogP) is 2.42. The number of hydrogen-bond donors (Lipinski definition) is 0. The third-order valence-electron chi connectivity index (χ3n) is 4.33. The summed E-state index contributed by atoms with van der Waals surface area (Å²) >= 11 is 0. The molecule has 3 aliphatic rings. The third kappa shape index (κ3) is 1.86. The van der Waals surface area contributed by atoms with E-state index in [9.17, 15) is 0 Å². The summed E-state index contributed by atoms with van der Waals surface area (Å²) in [6, 6.07) is 0. The average molecular weight is 245 g/mol. The topological polar surface area (TPSA) is 18.8 Å². The zero-order chi connectivity index (χ0) is 12.6. The molecule has 3 nitrogen and oxygen atoms in total. The van der Waals surface area contributed by atoms with Gasteiger partial charge in [0, 0.05) is 26.2 Å². The van der Waals surface area contributed by atoms with Gasteiger partial charge >= 0.3 is 0 Å². The molecule has 3 rings (SSSR count). The molecular weight excluding hydrogens is 222 g/mol. The number of aliphatic imine (C=N–C) groups is 1. The van der Waals surface area contributed by atoms with Crippen molar-refractivity contribution >= 4 is 5.96 Å². The van der Waals surface area contributed by atoms with E-state index >= 15 is 0 Å². The van der Waals surface area contributed by atoms with Gasteiger partial charge in [-0.25, -0.2) is 0 Å². The Balaban J connectivity index is 1.90. The van der Waals surface area contributed by atoms with E-state index in [1.165, 1.54) is 37.5 Å². The van der Waals surface area contributed by atoms with Crippen LogP contribution in [-0.4, -0.2) is 47.5 Å². The molecule has 1 aliphatic carbocycles. The van der Waals surface area contributed by atoms with Gasteiger partial charge in [0.05, 0.1) is 5.54 Å². The Morgan fingerprint density at radius 2 is 2.00 bits per heavy atom. The summed E-state index contributed by atoms with van der Waals surface area (Å²) in [5.74, 6) is 1.23. The molecule has 0 aromatic rings. The molecule has 0 bridgehead atoms. The van der Waals surface area contributed by atoms with Crippen LogP contribution in [0, 0.1) is 0 Å². The Morgan fingerprint density at radius 3 is 2.78 bits per heavy atom. The van der Waals surface area contributed by atoms with Gasteiger partial charge in [-0.05, 0) is 38.7 Å². The minimum atomic E-state index is 0.0713. The largest absolute Gasteiger partial charge is 0.343 e. The van der Waals surface area contributed by atoms with E-state index in [1.54, 1.807) is 0 Å². The molecule has 0 N–H and O–H groups in total. The highest BCUT2D eigenvalue weighted by Gasteiger charge is 2.37. The second-order valence-electron chi connectivity index (χ2n) is 5.88. The van der Waals surface area contributed by atoms with Crippen molar-refractivity contribution in [2.24, 2.45) is 4.99 Å². The van der Waals surface area contributed by atoms with Gasteiger partial charge in [-0.2, -0.15) is 0 Å². The van der Waals surface area contributed by atoms with Crippen LogP contribution in [0.25, 0.3) is 0 Å². The lowest BCUT2D eigenvalue weighted by molar-refractivity contribution is 0.171. The van der Waals surface area contributed by atoms with Gasteiger partial charge in [0.25, 0.3) is 0 Å². The maximum Gasteiger partial charge on any atom is 0.197 e. The van der Waals surface area contributed by atoms with E-state index in [1.807, 2.05) is 0 Å². The summed E-state index contributed by atoms with van der Waals surface area (Å²) < 4.78 is 0. The van der Waals surface area contributed by atoms with Gasteiger partial charge in [0.2, 0.25) is 0 Å². The van der Waals surface area contributed by atoms with Crippen LogP contribution in [0.1, 0.15) is 33.1 Å². The molecular formula is C15H23N3. The maximum absolute atomic E-state index is 4.79. The molecule has 1 fully saturated rings. The second kappa shape index (κ2) is 4.45. The SMILES string of the molecule is CC(C)(C1=CCC=C1)N1CCCN2CCCN=C21. The summed E-state index contributed by atoms with van der Waals surface area (Å²) in [6.45, 7) is 9.14. The molecule has 2 heterocycles. The van der Waals surface area contributed by atoms with E-state index in [4.69, 9.17) is 4.99 Å². The molecule has 0 amide bonds. The van der Waals surface area contributed by atoms with Gasteiger partial charge in [0.1, 0.15) is 0 Å². The molecule has 1 saturated heterocycles. The quantitative estimate of drug-likeness (QED) is 0.744. The summed E-state index contributed by atoms with van der Waals surface area (Å²) in [5, 5.41) is 0. The van der Waals surface area contributed by atoms with Crippen molar-refractivity contribution in [3.8, 4) is 0 Å². The lowest BCUT2D eigenvalue weighted by atomic mass is 9.91. The third-order valence-corrected chi connectivity index (χ3v) is 4.33. The second-order valence-corrected chi connectivity index (χ2v) is 5.88. The van der Waals surface area contributed by atoms with Gasteiger partial charge in [-0.15, -0.1) is 0 Å². The molecule has 0 radical (unpaired) electrons. The first-order valence-corrected chi connectivity index (χ1v) is 7.14. The average Bonchev–Trinajstić information content (AvgIpc) is 2.92. The number of hydrogen-bond acceptors (Lipinski definition) is 3. The Kier molecular flexibility index (Phi) is 2.92. The molecule has 3 heteroatoms. The molecule has 0 atom stereocenters. The van der Waals surface area contributed by atoms with Crippen molar-refractivity contribution < 1.29 is 0 Å². The lowest BCUT2D eigenvalue weighted by Crippen LogP contribution is -2.59. The molecule has 98 valence electrons. The monoisotopic (exact) mass is 245 g/mol. The van der Waals surface area contributed by atoms with E-state index in [0.29, 0.717) is 0 Å². The molecule has 0 aromatic heterocycles. The summed E-state index contributed by atoms with van der Waals surface area (Å²) in [4.78, 5) is 9.77. The summed E-state index contributed by atoms with van der Waals surface area (Å²) in [5.41, 5.74) is 1.51. The normalized spacial score (nSPS) is 23.9. The zero-order valence-corrected chi connectivity index (χ0v) is 11.5. The highest BCUT2D eigenvalue weighted by Crippen LogP contribution is 2.31. The van der Waals surface area contributed by atoms with Crippen LogP contribution in [-0.2, 0) is 0 Å². The van der Waals surface area contributed by atoms with Crippen LogP contribution in [0.4, 0.5) is 0 Å². The Bertz CT molecular complexity index is 417. The van der Waals surface area contributed by atoms with Gasteiger partial charge < -0.3 is 9.80 Å². The van der Waals surface area contributed by atoms with Gasteiger partial charge in [0.15, 0.2) is 5.96 Å². The van der Waals surface area contributed by atoms with Crippen molar-refractivity contribution in [2.75, 3.05) is 26.2 Å². The number of rotatable bonds is 2. The smallest absolute Gasteiger partial charge is 0.197 e. The van der Waals surface area contributed by atoms with Crippen molar-refractivity contribution in [3.05, 3.63) is 23.8 Å². The number of allylic oxidation sites excluding steroid dienone is 2. The minimum Gasteiger partial charge on any atom is -0.343 e. The van der Waals surface area contributed by atoms with Crippen molar-refractivity contribution in [1.29, 1.82) is 0 Å². The first-order valence-electron chi connectivity index (χ1n) is 7.14. The lowest BCUT2D eigenvalue weighted by Gasteiger charge is -2.49. The van der Waals surface area contributed by atoms with Crippen LogP contribution in [0.5, 0.6) is 0 Å². The highest BCUT2D eigenvalue weighted by atomic mass is 15.4. The van der Waals surface area contributed by atoms with Crippen molar-refractivity contribution in [3.63, 3.8) is 0 Å². The number of fused-ring (bicyclic) bond motifs is 1. The maximum atomic E-state index is 4.79. The molecule has 0 unspecified atom stereocenters. The van der Waals surface area contributed by atoms with Crippen LogP contribution in [0.2, 0.25) is 0 Å². The fourth-order valence-electron chi connectivity index (χ4n) is 3.23. The zero-order valence-electron chi connectivity index (χ0n) is 11.5. The minimum absolute atomic E-state index is 0.0713. The molecule has 18 heavy (non-hydrogen) atoms. The first kappa shape index (κ1) is 11.8. The first-order chi connectivity index (χ1) is 8.69. The van der Waals surface area contributed by atoms with Gasteiger partial charge in [-0.3, -0.25) is 4.99 Å². The molecule has 0 saturated carbocycles. The van der Waals surface area contributed by atoms with Crippen LogP contribution < -0.4 is 0 Å². The summed E-state index contributed by atoms with van der Waals surface area (Å²) in [7, 11) is 0. The number of nitrogens with zero attached hydrogens (tertiary/aromatic N) is 3. The van der Waals surface area contributed by atoms with E-state index < -0.39 is 0 Å². The molecule has 0 spiro atoms. The van der Waals surface area contributed by atoms with E-state index in [-0.39, 0.29) is 5.54 Å². The Labute approximate surface area is 110 Å². The summed E-state index contributed by atoms with van der Waals surface area (Å²) in [6.07, 6.45) is 10.4. The van der Waals surface area contributed by atoms with E-state index in [2.05, 4.69) is 41.9 Å². The van der Waals surface area contributed by atoms with Crippen LogP contribution >= 0.6 is 0 Å².